The lowest BCUT2D eigenvalue weighted by Crippen LogP contribution is -2.11. The third-order valence-electron chi connectivity index (χ3n) is 2.43. The molecule has 20 heavy (non-hydrogen) atoms. The van der Waals surface area contributed by atoms with Crippen molar-refractivity contribution in [1.82, 2.24) is 0 Å². The molecule has 0 spiro atoms. The molecule has 4 heteroatoms. The van der Waals surface area contributed by atoms with Crippen LogP contribution < -0.4 is 9.47 Å². The molecular formula is C16H26O4. The summed E-state index contributed by atoms with van der Waals surface area (Å²) in [6.07, 6.45) is 0.477. The van der Waals surface area contributed by atoms with Crippen LogP contribution in [0.2, 0.25) is 0 Å². The van der Waals surface area contributed by atoms with Gasteiger partial charge in [0.05, 0.1) is 25.4 Å². The van der Waals surface area contributed by atoms with Gasteiger partial charge >= 0.3 is 0 Å². The molecule has 0 aromatic heterocycles. The van der Waals surface area contributed by atoms with E-state index in [1.54, 1.807) is 0 Å². The molecule has 0 aliphatic carbocycles. The van der Waals surface area contributed by atoms with Crippen molar-refractivity contribution in [2.45, 2.75) is 39.9 Å². The molecule has 0 saturated heterocycles. The molecule has 0 atom stereocenters. The Kier molecular flexibility index (Phi) is 8.07. The SMILES string of the molecule is CC(C)OCCOc1ccc(OCCOC(C)C)cc1. The summed E-state index contributed by atoms with van der Waals surface area (Å²) in [6.45, 7) is 10.3. The molecule has 0 N–H and O–H groups in total. The monoisotopic (exact) mass is 282 g/mol. The summed E-state index contributed by atoms with van der Waals surface area (Å²) in [5.74, 6) is 1.64. The van der Waals surface area contributed by atoms with E-state index in [4.69, 9.17) is 18.9 Å². The Labute approximate surface area is 122 Å². The topological polar surface area (TPSA) is 36.9 Å². The van der Waals surface area contributed by atoms with E-state index >= 15 is 0 Å². The molecule has 114 valence electrons. The van der Waals surface area contributed by atoms with Crippen LogP contribution in [-0.4, -0.2) is 38.6 Å². The fourth-order valence-corrected chi connectivity index (χ4v) is 1.52. The van der Waals surface area contributed by atoms with Crippen LogP contribution in [0.25, 0.3) is 0 Å². The van der Waals surface area contributed by atoms with Gasteiger partial charge in [0.2, 0.25) is 0 Å². The Hall–Kier alpha value is -1.26. The molecule has 1 aromatic carbocycles. The van der Waals surface area contributed by atoms with Crippen LogP contribution in [0.1, 0.15) is 27.7 Å². The Balaban J connectivity index is 2.19. The third kappa shape index (κ3) is 8.02. The van der Waals surface area contributed by atoms with E-state index in [1.807, 2.05) is 52.0 Å². The minimum Gasteiger partial charge on any atom is -0.491 e. The third-order valence-corrected chi connectivity index (χ3v) is 2.43. The fraction of sp³-hybridized carbons (Fsp3) is 0.625. The minimum absolute atomic E-state index is 0.238. The lowest BCUT2D eigenvalue weighted by atomic mass is 10.3. The molecule has 0 saturated carbocycles. The molecule has 1 aromatic rings. The summed E-state index contributed by atoms with van der Waals surface area (Å²) in [7, 11) is 0. The highest BCUT2D eigenvalue weighted by molar-refractivity contribution is 5.31. The van der Waals surface area contributed by atoms with Gasteiger partial charge < -0.3 is 18.9 Å². The minimum atomic E-state index is 0.238. The van der Waals surface area contributed by atoms with Gasteiger partial charge in [-0.1, -0.05) is 0 Å². The highest BCUT2D eigenvalue weighted by Gasteiger charge is 1.99. The summed E-state index contributed by atoms with van der Waals surface area (Å²) in [5, 5.41) is 0. The van der Waals surface area contributed by atoms with Crippen LogP contribution in [0.5, 0.6) is 11.5 Å². The molecule has 1 rings (SSSR count). The van der Waals surface area contributed by atoms with Crippen molar-refractivity contribution in [2.24, 2.45) is 0 Å². The van der Waals surface area contributed by atoms with Gasteiger partial charge in [-0.3, -0.25) is 0 Å². The van der Waals surface area contributed by atoms with E-state index in [1.165, 1.54) is 0 Å². The van der Waals surface area contributed by atoms with Crippen LogP contribution >= 0.6 is 0 Å². The van der Waals surface area contributed by atoms with Crippen LogP contribution in [0.3, 0.4) is 0 Å². The second kappa shape index (κ2) is 9.61. The average molecular weight is 282 g/mol. The van der Waals surface area contributed by atoms with Gasteiger partial charge in [-0.05, 0) is 52.0 Å². The summed E-state index contributed by atoms with van der Waals surface area (Å²) in [5.41, 5.74) is 0. The first-order chi connectivity index (χ1) is 9.58. The number of rotatable bonds is 10. The summed E-state index contributed by atoms with van der Waals surface area (Å²) in [6, 6.07) is 7.59. The van der Waals surface area contributed by atoms with Gasteiger partial charge in [0.25, 0.3) is 0 Å². The van der Waals surface area contributed by atoms with E-state index < -0.39 is 0 Å². The first kappa shape index (κ1) is 16.8. The summed E-state index contributed by atoms with van der Waals surface area (Å²) >= 11 is 0. The van der Waals surface area contributed by atoms with E-state index in [9.17, 15) is 0 Å². The van der Waals surface area contributed by atoms with Crippen molar-refractivity contribution >= 4 is 0 Å². The van der Waals surface area contributed by atoms with Gasteiger partial charge in [0.15, 0.2) is 0 Å². The van der Waals surface area contributed by atoms with Crippen LogP contribution in [0, 0.1) is 0 Å². The summed E-state index contributed by atoms with van der Waals surface area (Å²) < 4.78 is 21.9. The maximum Gasteiger partial charge on any atom is 0.119 e. The maximum atomic E-state index is 5.56. The molecule has 0 aliphatic rings. The molecule has 0 bridgehead atoms. The van der Waals surface area contributed by atoms with Gasteiger partial charge in [0, 0.05) is 0 Å². The van der Waals surface area contributed by atoms with E-state index in [2.05, 4.69) is 0 Å². The Morgan fingerprint density at radius 3 is 1.30 bits per heavy atom. The van der Waals surface area contributed by atoms with Crippen molar-refractivity contribution in [2.75, 3.05) is 26.4 Å². The van der Waals surface area contributed by atoms with Crippen LogP contribution in [0.4, 0.5) is 0 Å². The predicted octanol–water partition coefficient (Wildman–Crippen LogP) is 3.29. The van der Waals surface area contributed by atoms with Crippen molar-refractivity contribution in [1.29, 1.82) is 0 Å². The highest BCUT2D eigenvalue weighted by Crippen LogP contribution is 2.17. The maximum absolute atomic E-state index is 5.56. The second-order valence-electron chi connectivity index (χ2n) is 5.01. The van der Waals surface area contributed by atoms with E-state index in [0.717, 1.165) is 11.5 Å². The van der Waals surface area contributed by atoms with Crippen molar-refractivity contribution in [3.05, 3.63) is 24.3 Å². The van der Waals surface area contributed by atoms with E-state index in [-0.39, 0.29) is 12.2 Å². The smallest absolute Gasteiger partial charge is 0.119 e. The molecule has 0 heterocycles. The van der Waals surface area contributed by atoms with Gasteiger partial charge in [-0.25, -0.2) is 0 Å². The number of hydrogen-bond acceptors (Lipinski definition) is 4. The predicted molar refractivity (Wildman–Crippen MR) is 79.6 cm³/mol. The standard InChI is InChI=1S/C16H26O4/c1-13(2)17-9-11-19-15-5-7-16(8-6-15)20-12-10-18-14(3)4/h5-8,13-14H,9-12H2,1-4H3. The zero-order valence-corrected chi connectivity index (χ0v) is 12.9. The largest absolute Gasteiger partial charge is 0.491 e. The molecule has 0 radical (unpaired) electrons. The molecule has 0 amide bonds. The fourth-order valence-electron chi connectivity index (χ4n) is 1.52. The lowest BCUT2D eigenvalue weighted by Gasteiger charge is -2.11. The van der Waals surface area contributed by atoms with Crippen molar-refractivity contribution < 1.29 is 18.9 Å². The highest BCUT2D eigenvalue weighted by atomic mass is 16.5. The van der Waals surface area contributed by atoms with Gasteiger partial charge in [-0.15, -0.1) is 0 Å². The Morgan fingerprint density at radius 2 is 1.00 bits per heavy atom. The number of benzene rings is 1. The Bertz CT molecular complexity index is 311. The first-order valence-electron chi connectivity index (χ1n) is 7.17. The van der Waals surface area contributed by atoms with Gasteiger partial charge in [-0.2, -0.15) is 0 Å². The van der Waals surface area contributed by atoms with E-state index in [0.29, 0.717) is 26.4 Å². The first-order valence-corrected chi connectivity index (χ1v) is 7.17. The van der Waals surface area contributed by atoms with Gasteiger partial charge in [0.1, 0.15) is 24.7 Å². The zero-order chi connectivity index (χ0) is 14.8. The number of hydrogen-bond donors (Lipinski definition) is 0. The molecule has 0 unspecified atom stereocenters. The lowest BCUT2D eigenvalue weighted by molar-refractivity contribution is 0.0544. The van der Waals surface area contributed by atoms with Crippen LogP contribution in [0.15, 0.2) is 24.3 Å². The normalized spacial score (nSPS) is 11.1. The van der Waals surface area contributed by atoms with Crippen molar-refractivity contribution in [3.63, 3.8) is 0 Å². The zero-order valence-electron chi connectivity index (χ0n) is 12.9. The van der Waals surface area contributed by atoms with Crippen LogP contribution in [-0.2, 0) is 9.47 Å². The second-order valence-corrected chi connectivity index (χ2v) is 5.01. The summed E-state index contributed by atoms with van der Waals surface area (Å²) in [4.78, 5) is 0. The molecule has 0 aliphatic heterocycles. The quantitative estimate of drug-likeness (QED) is 0.617. The van der Waals surface area contributed by atoms with Crippen molar-refractivity contribution in [3.8, 4) is 11.5 Å². The average Bonchev–Trinajstić information content (AvgIpc) is 2.41. The Morgan fingerprint density at radius 1 is 0.650 bits per heavy atom. The number of ether oxygens (including phenoxy) is 4. The molecule has 4 nitrogen and oxygen atoms in total. The molecule has 0 fully saturated rings. The molecular weight excluding hydrogens is 256 g/mol.